The Morgan fingerprint density at radius 3 is 2.65 bits per heavy atom. The largest absolute Gasteiger partial charge is 0.247 e. The van der Waals surface area contributed by atoms with Gasteiger partial charge in [-0.05, 0) is 43.8 Å². The van der Waals surface area contributed by atoms with E-state index in [2.05, 4.69) is 20.9 Å². The molecule has 3 aromatic heterocycles. The fourth-order valence-electron chi connectivity index (χ4n) is 2.82. The van der Waals surface area contributed by atoms with E-state index in [1.807, 2.05) is 17.6 Å². The third kappa shape index (κ3) is 1.72. The van der Waals surface area contributed by atoms with Crippen LogP contribution in [0.1, 0.15) is 23.3 Å². The van der Waals surface area contributed by atoms with Gasteiger partial charge in [0.15, 0.2) is 16.0 Å². The third-order valence-electron chi connectivity index (χ3n) is 3.74. The van der Waals surface area contributed by atoms with Gasteiger partial charge in [-0.1, -0.05) is 23.5 Å². The Bertz CT molecular complexity index is 805. The molecule has 0 N–H and O–H groups in total. The molecule has 0 bridgehead atoms. The minimum absolute atomic E-state index is 0.921. The van der Waals surface area contributed by atoms with Crippen LogP contribution in [0.25, 0.3) is 15.9 Å². The SMILES string of the molecule is CSc1nnc2c3sc4c(c3nc(SC)n12)CCCC4. The van der Waals surface area contributed by atoms with Crippen molar-refractivity contribution < 1.29 is 0 Å². The number of thioether (sulfide) groups is 2. The van der Waals surface area contributed by atoms with E-state index in [1.165, 1.54) is 39.9 Å². The molecule has 4 rings (SSSR count). The topological polar surface area (TPSA) is 43.1 Å². The average molecular weight is 322 g/mol. The van der Waals surface area contributed by atoms with Crippen LogP contribution in [0.2, 0.25) is 0 Å². The molecule has 20 heavy (non-hydrogen) atoms. The number of aromatic nitrogens is 4. The molecule has 0 amide bonds. The number of aryl methyl sites for hydroxylation is 2. The second kappa shape index (κ2) is 4.89. The van der Waals surface area contributed by atoms with E-state index in [0.29, 0.717) is 0 Å². The summed E-state index contributed by atoms with van der Waals surface area (Å²) in [4.78, 5) is 6.43. The molecule has 104 valence electrons. The maximum absolute atomic E-state index is 4.92. The van der Waals surface area contributed by atoms with Crippen LogP contribution in [0.15, 0.2) is 10.3 Å². The summed E-state index contributed by atoms with van der Waals surface area (Å²) < 4.78 is 3.31. The normalized spacial score (nSPS) is 15.1. The van der Waals surface area contributed by atoms with Crippen molar-refractivity contribution in [1.82, 2.24) is 19.6 Å². The van der Waals surface area contributed by atoms with Crippen molar-refractivity contribution >= 4 is 50.7 Å². The molecule has 0 radical (unpaired) electrons. The molecule has 1 aliphatic rings. The highest BCUT2D eigenvalue weighted by Gasteiger charge is 2.22. The van der Waals surface area contributed by atoms with Crippen LogP contribution in [0.5, 0.6) is 0 Å². The molecule has 0 aliphatic heterocycles. The number of rotatable bonds is 2. The lowest BCUT2D eigenvalue weighted by atomic mass is 9.98. The zero-order valence-corrected chi connectivity index (χ0v) is 13.8. The summed E-state index contributed by atoms with van der Waals surface area (Å²) in [5, 5.41) is 10.6. The monoisotopic (exact) mass is 322 g/mol. The summed E-state index contributed by atoms with van der Waals surface area (Å²) >= 11 is 5.15. The molecule has 1 aliphatic carbocycles. The van der Waals surface area contributed by atoms with Crippen molar-refractivity contribution in [1.29, 1.82) is 0 Å². The Hall–Kier alpha value is -0.790. The van der Waals surface area contributed by atoms with Crippen LogP contribution in [-0.2, 0) is 12.8 Å². The molecule has 0 unspecified atom stereocenters. The second-order valence-corrected chi connectivity index (χ2v) is 7.48. The lowest BCUT2D eigenvalue weighted by molar-refractivity contribution is 0.698. The van der Waals surface area contributed by atoms with Gasteiger partial charge in [-0.25, -0.2) is 9.38 Å². The van der Waals surface area contributed by atoms with Crippen molar-refractivity contribution in [2.24, 2.45) is 0 Å². The molecule has 0 saturated carbocycles. The van der Waals surface area contributed by atoms with Crippen LogP contribution < -0.4 is 0 Å². The second-order valence-electron chi connectivity index (χ2n) is 4.83. The Balaban J connectivity index is 2.14. The van der Waals surface area contributed by atoms with Crippen molar-refractivity contribution in [3.63, 3.8) is 0 Å². The minimum Gasteiger partial charge on any atom is -0.247 e. The molecule has 7 heteroatoms. The predicted molar refractivity (Wildman–Crippen MR) is 86.4 cm³/mol. The minimum atomic E-state index is 0.921. The number of nitrogens with zero attached hydrogens (tertiary/aromatic N) is 4. The van der Waals surface area contributed by atoms with Crippen LogP contribution in [0.4, 0.5) is 0 Å². The fraction of sp³-hybridized carbons (Fsp3) is 0.462. The average Bonchev–Trinajstić information content (AvgIpc) is 3.07. The number of hydrogen-bond acceptors (Lipinski definition) is 6. The zero-order valence-electron chi connectivity index (χ0n) is 11.3. The summed E-state index contributed by atoms with van der Waals surface area (Å²) in [7, 11) is 0. The molecular formula is C13H14N4S3. The van der Waals surface area contributed by atoms with Crippen molar-refractivity contribution in [3.05, 3.63) is 10.4 Å². The summed E-state index contributed by atoms with van der Waals surface area (Å²) in [5.41, 5.74) is 3.60. The van der Waals surface area contributed by atoms with Gasteiger partial charge in [0, 0.05) is 4.88 Å². The van der Waals surface area contributed by atoms with Gasteiger partial charge in [0.2, 0.25) is 0 Å². The van der Waals surface area contributed by atoms with Crippen molar-refractivity contribution in [2.45, 2.75) is 36.0 Å². The van der Waals surface area contributed by atoms with E-state index in [9.17, 15) is 0 Å². The van der Waals surface area contributed by atoms with Gasteiger partial charge in [0.1, 0.15) is 0 Å². The Kier molecular flexibility index (Phi) is 3.16. The number of fused-ring (bicyclic) bond motifs is 5. The molecule has 4 nitrogen and oxygen atoms in total. The first-order valence-electron chi connectivity index (χ1n) is 6.61. The highest BCUT2D eigenvalue weighted by atomic mass is 32.2. The van der Waals surface area contributed by atoms with E-state index in [1.54, 1.807) is 23.5 Å². The summed E-state index contributed by atoms with van der Waals surface area (Å²) in [6, 6.07) is 0. The molecule has 0 atom stereocenters. The molecule has 0 saturated heterocycles. The molecule has 0 fully saturated rings. The van der Waals surface area contributed by atoms with E-state index in [-0.39, 0.29) is 0 Å². The lowest BCUT2D eigenvalue weighted by Crippen LogP contribution is -2.00. The first kappa shape index (κ1) is 12.9. The van der Waals surface area contributed by atoms with E-state index in [0.717, 1.165) is 22.4 Å². The van der Waals surface area contributed by atoms with E-state index < -0.39 is 0 Å². The highest BCUT2D eigenvalue weighted by molar-refractivity contribution is 7.99. The third-order valence-corrected chi connectivity index (χ3v) is 6.29. The molecule has 0 spiro atoms. The Labute approximate surface area is 129 Å². The number of hydrogen-bond donors (Lipinski definition) is 0. The molecule has 0 aromatic carbocycles. The van der Waals surface area contributed by atoms with Gasteiger partial charge in [-0.3, -0.25) is 0 Å². The maximum atomic E-state index is 4.92. The smallest absolute Gasteiger partial charge is 0.197 e. The van der Waals surface area contributed by atoms with Gasteiger partial charge < -0.3 is 0 Å². The standard InChI is InChI=1S/C13H14N4S3/c1-18-12-14-9-7-5-3-4-6-8(7)20-10(9)11-15-16-13(19-2)17(11)12/h3-6H2,1-2H3. The van der Waals surface area contributed by atoms with Gasteiger partial charge in [0.25, 0.3) is 0 Å². The zero-order chi connectivity index (χ0) is 13.7. The van der Waals surface area contributed by atoms with Crippen LogP contribution >= 0.6 is 34.9 Å². The maximum Gasteiger partial charge on any atom is 0.197 e. The Morgan fingerprint density at radius 2 is 1.85 bits per heavy atom. The first-order chi connectivity index (χ1) is 9.83. The van der Waals surface area contributed by atoms with Crippen LogP contribution in [-0.4, -0.2) is 32.1 Å². The lowest BCUT2D eigenvalue weighted by Gasteiger charge is -2.10. The van der Waals surface area contributed by atoms with Gasteiger partial charge >= 0.3 is 0 Å². The fourth-order valence-corrected chi connectivity index (χ4v) is 5.20. The quantitative estimate of drug-likeness (QED) is 0.532. The predicted octanol–water partition coefficient (Wildman–Crippen LogP) is 3.66. The van der Waals surface area contributed by atoms with Crippen molar-refractivity contribution in [3.8, 4) is 0 Å². The molecule has 3 aromatic rings. The van der Waals surface area contributed by atoms with Crippen molar-refractivity contribution in [2.75, 3.05) is 12.5 Å². The summed E-state index contributed by atoms with van der Waals surface area (Å²) in [6.45, 7) is 0. The van der Waals surface area contributed by atoms with Crippen LogP contribution in [0.3, 0.4) is 0 Å². The van der Waals surface area contributed by atoms with Gasteiger partial charge in [-0.15, -0.1) is 21.5 Å². The van der Waals surface area contributed by atoms with E-state index >= 15 is 0 Å². The molecular weight excluding hydrogens is 308 g/mol. The first-order valence-corrected chi connectivity index (χ1v) is 9.87. The molecule has 3 heterocycles. The number of thiophene rings is 1. The van der Waals surface area contributed by atoms with E-state index in [4.69, 9.17) is 4.98 Å². The Morgan fingerprint density at radius 1 is 1.05 bits per heavy atom. The highest BCUT2D eigenvalue weighted by Crippen LogP contribution is 2.38. The van der Waals surface area contributed by atoms with Crippen LogP contribution in [0, 0.1) is 0 Å². The van der Waals surface area contributed by atoms with Gasteiger partial charge in [0.05, 0.1) is 10.2 Å². The summed E-state index contributed by atoms with van der Waals surface area (Å²) in [6.07, 6.45) is 9.04. The van der Waals surface area contributed by atoms with Gasteiger partial charge in [-0.2, -0.15) is 0 Å². The summed E-state index contributed by atoms with van der Waals surface area (Å²) in [5.74, 6) is 0.